The van der Waals surface area contributed by atoms with E-state index in [1.165, 1.54) is 4.68 Å². The van der Waals surface area contributed by atoms with Crippen molar-refractivity contribution in [1.82, 2.24) is 35.1 Å². The van der Waals surface area contributed by atoms with E-state index in [-0.39, 0.29) is 5.91 Å². The predicted octanol–water partition coefficient (Wildman–Crippen LogP) is 1.12. The number of nitrogens with zero attached hydrogens (tertiary/aromatic N) is 8. The van der Waals surface area contributed by atoms with Gasteiger partial charge >= 0.3 is 0 Å². The summed E-state index contributed by atoms with van der Waals surface area (Å²) in [6.45, 7) is 4.26. The number of carbonyl (C=O) groups excluding carboxylic acids is 1. The molecule has 142 valence electrons. The van der Waals surface area contributed by atoms with Crippen molar-refractivity contribution in [3.63, 3.8) is 0 Å². The number of carbonyl (C=O) groups is 1. The molecule has 1 aliphatic heterocycles. The number of piperazine rings is 1. The number of aromatic nitrogens is 6. The molecule has 0 bridgehead atoms. The van der Waals surface area contributed by atoms with Crippen molar-refractivity contribution in [2.45, 2.75) is 6.92 Å². The Morgan fingerprint density at radius 2 is 1.71 bits per heavy atom. The highest BCUT2D eigenvalue weighted by Gasteiger charge is 2.27. The minimum Gasteiger partial charge on any atom is -0.337 e. The topological polar surface area (TPSA) is 92.9 Å². The summed E-state index contributed by atoms with van der Waals surface area (Å²) >= 11 is 0. The molecule has 0 aliphatic carbocycles. The molecular formula is C19H20N8O. The Labute approximate surface area is 162 Å². The van der Waals surface area contributed by atoms with Gasteiger partial charge in [0.25, 0.3) is 5.91 Å². The molecule has 1 aliphatic rings. The Balaban J connectivity index is 1.55. The average molecular weight is 376 g/mol. The quantitative estimate of drug-likeness (QED) is 0.630. The average Bonchev–Trinajstić information content (AvgIpc) is 3.18. The summed E-state index contributed by atoms with van der Waals surface area (Å²) in [7, 11) is 0. The summed E-state index contributed by atoms with van der Waals surface area (Å²) in [5.41, 5.74) is 1.34. The van der Waals surface area contributed by atoms with Crippen LogP contribution in [0.15, 0.2) is 48.8 Å². The second-order valence-corrected chi connectivity index (χ2v) is 6.41. The van der Waals surface area contributed by atoms with Crippen LogP contribution in [0.1, 0.15) is 11.4 Å². The largest absolute Gasteiger partial charge is 0.337 e. The van der Waals surface area contributed by atoms with Gasteiger partial charge in [0.1, 0.15) is 5.70 Å². The van der Waals surface area contributed by atoms with Crippen molar-refractivity contribution in [3.05, 3.63) is 60.2 Å². The highest BCUT2D eigenvalue weighted by molar-refractivity contribution is 6.18. The third kappa shape index (κ3) is 3.73. The third-order valence-electron chi connectivity index (χ3n) is 4.58. The Hall–Kier alpha value is -3.62. The molecule has 3 heterocycles. The molecule has 9 heteroatoms. The summed E-state index contributed by atoms with van der Waals surface area (Å²) in [6, 6.07) is 11.5. The van der Waals surface area contributed by atoms with E-state index in [0.717, 1.165) is 5.56 Å². The first-order valence-electron chi connectivity index (χ1n) is 9.06. The lowest BCUT2D eigenvalue weighted by Crippen LogP contribution is -2.49. The van der Waals surface area contributed by atoms with Gasteiger partial charge in [-0.05, 0) is 35.1 Å². The predicted molar refractivity (Wildman–Crippen MR) is 104 cm³/mol. The summed E-state index contributed by atoms with van der Waals surface area (Å²) < 4.78 is 1.49. The van der Waals surface area contributed by atoms with Gasteiger partial charge in [0.15, 0.2) is 5.82 Å². The van der Waals surface area contributed by atoms with Gasteiger partial charge in [-0.15, -0.1) is 5.10 Å². The van der Waals surface area contributed by atoms with Crippen LogP contribution >= 0.6 is 0 Å². The van der Waals surface area contributed by atoms with Crippen molar-refractivity contribution >= 4 is 23.6 Å². The van der Waals surface area contributed by atoms with Crippen molar-refractivity contribution in [3.8, 4) is 0 Å². The summed E-state index contributed by atoms with van der Waals surface area (Å²) in [4.78, 5) is 25.7. The van der Waals surface area contributed by atoms with Gasteiger partial charge in [-0.1, -0.05) is 30.3 Å². The number of amides is 1. The number of hydrogen-bond donors (Lipinski definition) is 0. The summed E-state index contributed by atoms with van der Waals surface area (Å²) in [5.74, 6) is 1.14. The van der Waals surface area contributed by atoms with Gasteiger partial charge in [-0.25, -0.2) is 9.97 Å². The van der Waals surface area contributed by atoms with Crippen LogP contribution in [0.2, 0.25) is 0 Å². The van der Waals surface area contributed by atoms with Gasteiger partial charge in [0.2, 0.25) is 5.95 Å². The summed E-state index contributed by atoms with van der Waals surface area (Å²) in [6.07, 6.45) is 5.26. The molecule has 3 aromatic rings. The van der Waals surface area contributed by atoms with Crippen molar-refractivity contribution in [1.29, 1.82) is 0 Å². The molecule has 9 nitrogen and oxygen atoms in total. The molecule has 0 N–H and O–H groups in total. The monoisotopic (exact) mass is 376 g/mol. The van der Waals surface area contributed by atoms with Crippen molar-refractivity contribution < 1.29 is 4.79 Å². The Bertz CT molecular complexity index is 962. The lowest BCUT2D eigenvalue weighted by atomic mass is 10.1. The molecular weight excluding hydrogens is 356 g/mol. The maximum Gasteiger partial charge on any atom is 0.272 e. The van der Waals surface area contributed by atoms with Crippen LogP contribution < -0.4 is 4.90 Å². The van der Waals surface area contributed by atoms with E-state index in [9.17, 15) is 4.79 Å². The van der Waals surface area contributed by atoms with E-state index >= 15 is 0 Å². The highest BCUT2D eigenvalue weighted by Crippen LogP contribution is 2.17. The Morgan fingerprint density at radius 1 is 1.00 bits per heavy atom. The normalized spacial score (nSPS) is 15.0. The first-order valence-corrected chi connectivity index (χ1v) is 9.06. The number of aryl methyl sites for hydroxylation is 1. The van der Waals surface area contributed by atoms with Crippen LogP contribution in [-0.4, -0.2) is 67.2 Å². The molecule has 1 amide bonds. The van der Waals surface area contributed by atoms with Gasteiger partial charge in [-0.3, -0.25) is 4.79 Å². The smallest absolute Gasteiger partial charge is 0.272 e. The lowest BCUT2D eigenvalue weighted by Gasteiger charge is -2.35. The molecule has 2 aromatic heterocycles. The van der Waals surface area contributed by atoms with Gasteiger partial charge in [0, 0.05) is 38.6 Å². The zero-order valence-corrected chi connectivity index (χ0v) is 15.5. The molecule has 0 spiro atoms. The highest BCUT2D eigenvalue weighted by atomic mass is 16.2. The van der Waals surface area contributed by atoms with Gasteiger partial charge in [0.05, 0.1) is 0 Å². The first kappa shape index (κ1) is 17.8. The SMILES string of the molecule is Cc1nnnn1/C(=C\c1ccccc1)C(=O)N1CCN(c2ncccn2)CC1. The Kier molecular flexibility index (Phi) is 5.05. The molecule has 0 unspecified atom stereocenters. The van der Waals surface area contributed by atoms with Gasteiger partial charge in [-0.2, -0.15) is 4.68 Å². The van der Waals surface area contributed by atoms with Crippen molar-refractivity contribution in [2.75, 3.05) is 31.1 Å². The summed E-state index contributed by atoms with van der Waals surface area (Å²) in [5, 5.41) is 11.6. The number of tetrazole rings is 1. The van der Waals surface area contributed by atoms with Crippen LogP contribution in [0.4, 0.5) is 5.95 Å². The minimum atomic E-state index is -0.104. The first-order chi connectivity index (χ1) is 13.7. The fraction of sp³-hybridized carbons (Fsp3) is 0.263. The third-order valence-corrected chi connectivity index (χ3v) is 4.58. The number of hydrogen-bond acceptors (Lipinski definition) is 7. The minimum absolute atomic E-state index is 0.104. The molecule has 28 heavy (non-hydrogen) atoms. The van der Waals surface area contributed by atoms with Crippen LogP contribution in [0, 0.1) is 6.92 Å². The van der Waals surface area contributed by atoms with Crippen LogP contribution in [0.5, 0.6) is 0 Å². The maximum absolute atomic E-state index is 13.3. The number of benzene rings is 1. The number of rotatable bonds is 4. The van der Waals surface area contributed by atoms with Gasteiger partial charge < -0.3 is 9.80 Å². The van der Waals surface area contributed by atoms with E-state index in [1.807, 2.05) is 41.3 Å². The van der Waals surface area contributed by atoms with E-state index in [2.05, 4.69) is 30.4 Å². The molecule has 1 aromatic carbocycles. The number of anilines is 1. The van der Waals surface area contributed by atoms with Crippen molar-refractivity contribution in [2.24, 2.45) is 0 Å². The molecule has 0 saturated carbocycles. The molecule has 1 saturated heterocycles. The Morgan fingerprint density at radius 3 is 2.36 bits per heavy atom. The fourth-order valence-electron chi connectivity index (χ4n) is 3.10. The van der Waals surface area contributed by atoms with Crippen LogP contribution in [0.25, 0.3) is 11.8 Å². The standard InChI is InChI=1S/C19H20N8O/c1-15-22-23-24-27(15)17(14-16-6-3-2-4-7-16)18(28)25-10-12-26(13-11-25)19-20-8-5-9-21-19/h2-9,14H,10-13H2,1H3/b17-14-. The molecule has 0 atom stereocenters. The van der Waals surface area contributed by atoms with E-state index in [4.69, 9.17) is 0 Å². The van der Waals surface area contributed by atoms with E-state index in [1.54, 1.807) is 25.4 Å². The van der Waals surface area contributed by atoms with Crippen LogP contribution in [-0.2, 0) is 4.79 Å². The zero-order chi connectivity index (χ0) is 19.3. The molecule has 1 fully saturated rings. The molecule has 0 radical (unpaired) electrons. The second-order valence-electron chi connectivity index (χ2n) is 6.41. The molecule has 4 rings (SSSR count). The van der Waals surface area contributed by atoms with Crippen LogP contribution in [0.3, 0.4) is 0 Å². The van der Waals surface area contributed by atoms with E-state index < -0.39 is 0 Å². The second kappa shape index (κ2) is 7.95. The zero-order valence-electron chi connectivity index (χ0n) is 15.5. The lowest BCUT2D eigenvalue weighted by molar-refractivity contribution is -0.125. The maximum atomic E-state index is 13.3. The van der Waals surface area contributed by atoms with E-state index in [0.29, 0.717) is 43.6 Å². The fourth-order valence-corrected chi connectivity index (χ4v) is 3.10.